The Hall–Kier alpha value is -3.71. The van der Waals surface area contributed by atoms with Crippen LogP contribution in [0.1, 0.15) is 44.2 Å². The second-order valence-electron chi connectivity index (χ2n) is 8.42. The Bertz CT molecular complexity index is 1310. The van der Waals surface area contributed by atoms with Crippen molar-refractivity contribution in [1.82, 2.24) is 10.3 Å². The van der Waals surface area contributed by atoms with Gasteiger partial charge in [0.15, 0.2) is 17.3 Å². The van der Waals surface area contributed by atoms with E-state index >= 15 is 0 Å². The largest absolute Gasteiger partial charge is 0.484 e. The van der Waals surface area contributed by atoms with E-state index < -0.39 is 0 Å². The van der Waals surface area contributed by atoms with Crippen LogP contribution in [0.4, 0.5) is 5.69 Å². The molecule has 4 aromatic rings. The van der Waals surface area contributed by atoms with E-state index in [9.17, 15) is 4.79 Å². The zero-order valence-electron chi connectivity index (χ0n) is 20.1. The van der Waals surface area contributed by atoms with Crippen LogP contribution in [0.3, 0.4) is 0 Å². The van der Waals surface area contributed by atoms with Crippen molar-refractivity contribution < 1.29 is 13.9 Å². The zero-order valence-corrected chi connectivity index (χ0v) is 20.9. The number of ether oxygens (including phenoxy) is 1. The van der Waals surface area contributed by atoms with Gasteiger partial charge in [-0.2, -0.15) is 0 Å². The maximum atomic E-state index is 12.2. The smallest absolute Gasteiger partial charge is 0.264 e. The van der Waals surface area contributed by atoms with Gasteiger partial charge in [0.2, 0.25) is 5.89 Å². The Morgan fingerprint density at radius 2 is 1.80 bits per heavy atom. The molecule has 1 heterocycles. The fraction of sp³-hybridized carbons (Fsp3) is 0.250. The quantitative estimate of drug-likeness (QED) is 0.278. The summed E-state index contributed by atoms with van der Waals surface area (Å²) in [5.41, 5.74) is 5.69. The highest BCUT2D eigenvalue weighted by molar-refractivity contribution is 7.80. The van der Waals surface area contributed by atoms with E-state index in [1.165, 1.54) is 11.1 Å². The predicted octanol–water partition coefficient (Wildman–Crippen LogP) is 6.46. The number of thiocarbonyl (C=S) groups is 1. The summed E-state index contributed by atoms with van der Waals surface area (Å²) in [6.07, 6.45) is 2.03. The van der Waals surface area contributed by atoms with Gasteiger partial charge < -0.3 is 14.5 Å². The van der Waals surface area contributed by atoms with Gasteiger partial charge in [0.25, 0.3) is 5.91 Å². The second-order valence-corrected chi connectivity index (χ2v) is 8.83. The molecule has 1 atom stereocenters. The summed E-state index contributed by atoms with van der Waals surface area (Å²) in [5.74, 6) is 1.35. The number of amides is 1. The minimum Gasteiger partial charge on any atom is -0.484 e. The first-order chi connectivity index (χ1) is 16.9. The predicted molar refractivity (Wildman–Crippen MR) is 144 cm³/mol. The number of hydrogen-bond donors (Lipinski definition) is 2. The number of hydrogen-bond acceptors (Lipinski definition) is 5. The van der Waals surface area contributed by atoms with Crippen molar-refractivity contribution in [1.29, 1.82) is 0 Å². The number of anilines is 1. The maximum absolute atomic E-state index is 12.2. The molecule has 0 fully saturated rings. The topological polar surface area (TPSA) is 76.4 Å². The number of carbonyl (C=O) groups is 1. The molecule has 0 unspecified atom stereocenters. The first kappa shape index (κ1) is 24.4. The lowest BCUT2D eigenvalue weighted by atomic mass is 9.98. The molecule has 180 valence electrons. The lowest BCUT2D eigenvalue weighted by Gasteiger charge is -2.11. The number of aryl methyl sites for hydroxylation is 1. The molecule has 35 heavy (non-hydrogen) atoms. The normalized spacial score (nSPS) is 11.7. The number of rotatable bonds is 8. The molecule has 0 aliphatic rings. The highest BCUT2D eigenvalue weighted by Gasteiger charge is 2.12. The van der Waals surface area contributed by atoms with Gasteiger partial charge in [-0.1, -0.05) is 39.0 Å². The van der Waals surface area contributed by atoms with Crippen LogP contribution in [-0.4, -0.2) is 22.6 Å². The van der Waals surface area contributed by atoms with Crippen LogP contribution in [0.5, 0.6) is 5.75 Å². The highest BCUT2D eigenvalue weighted by atomic mass is 32.1. The lowest BCUT2D eigenvalue weighted by Crippen LogP contribution is -2.37. The molecule has 0 aliphatic carbocycles. The Kier molecular flexibility index (Phi) is 7.77. The van der Waals surface area contributed by atoms with E-state index in [2.05, 4.69) is 48.5 Å². The molecule has 2 N–H and O–H groups in total. The van der Waals surface area contributed by atoms with Crippen LogP contribution in [0.2, 0.25) is 0 Å². The molecule has 6 nitrogen and oxygen atoms in total. The van der Waals surface area contributed by atoms with Crippen LogP contribution >= 0.6 is 12.2 Å². The van der Waals surface area contributed by atoms with Crippen molar-refractivity contribution in [3.05, 3.63) is 77.9 Å². The minimum absolute atomic E-state index is 0.122. The summed E-state index contributed by atoms with van der Waals surface area (Å²) >= 11 is 5.26. The second kappa shape index (κ2) is 11.1. The third-order valence-corrected chi connectivity index (χ3v) is 6.14. The van der Waals surface area contributed by atoms with Gasteiger partial charge in [-0.15, -0.1) is 0 Å². The van der Waals surface area contributed by atoms with Crippen LogP contribution in [0.25, 0.3) is 22.6 Å². The summed E-state index contributed by atoms with van der Waals surface area (Å²) in [4.78, 5) is 16.8. The van der Waals surface area contributed by atoms with E-state index in [0.717, 1.165) is 35.2 Å². The molecule has 0 radical (unpaired) electrons. The first-order valence-corrected chi connectivity index (χ1v) is 12.2. The maximum Gasteiger partial charge on any atom is 0.264 e. The van der Waals surface area contributed by atoms with Gasteiger partial charge in [0, 0.05) is 11.3 Å². The first-order valence-electron chi connectivity index (χ1n) is 11.8. The van der Waals surface area contributed by atoms with Crippen LogP contribution in [0.15, 0.2) is 71.1 Å². The number of fused-ring (bicyclic) bond motifs is 1. The van der Waals surface area contributed by atoms with E-state index in [0.29, 0.717) is 17.6 Å². The summed E-state index contributed by atoms with van der Waals surface area (Å²) in [6, 6.07) is 21.4. The van der Waals surface area contributed by atoms with Crippen molar-refractivity contribution >= 4 is 40.0 Å². The molecule has 0 saturated heterocycles. The molecule has 4 rings (SSSR count). The minimum atomic E-state index is -0.332. The number of nitrogens with one attached hydrogen (secondary N) is 2. The summed E-state index contributed by atoms with van der Waals surface area (Å²) in [7, 11) is 0. The monoisotopic (exact) mass is 487 g/mol. The zero-order chi connectivity index (χ0) is 24.8. The summed E-state index contributed by atoms with van der Waals surface area (Å²) in [6.45, 7) is 6.35. The number of oxazole rings is 1. The highest BCUT2D eigenvalue weighted by Crippen LogP contribution is 2.28. The van der Waals surface area contributed by atoms with Gasteiger partial charge in [0.05, 0.1) is 0 Å². The molecule has 1 amide bonds. The standard InChI is InChI=1S/C28H29N3O3S/c1-4-18(3)21-10-15-25-24(16-21)30-27(34-25)20-8-11-22(12-9-20)29-28(35)31-26(32)17-33-23-13-6-19(5-2)7-14-23/h6-16,18H,4-5,17H2,1-3H3,(H2,29,31,32,35)/t18-/m0/s1. The van der Waals surface area contributed by atoms with Crippen molar-refractivity contribution in [3.63, 3.8) is 0 Å². The Morgan fingerprint density at radius 3 is 2.49 bits per heavy atom. The summed E-state index contributed by atoms with van der Waals surface area (Å²) in [5, 5.41) is 5.84. The fourth-order valence-electron chi connectivity index (χ4n) is 3.60. The van der Waals surface area contributed by atoms with Crippen LogP contribution in [0, 0.1) is 0 Å². The van der Waals surface area contributed by atoms with E-state index in [-0.39, 0.29) is 17.6 Å². The van der Waals surface area contributed by atoms with Gasteiger partial charge in [-0.25, -0.2) is 4.98 Å². The van der Waals surface area contributed by atoms with Crippen LogP contribution < -0.4 is 15.4 Å². The molecule has 0 saturated carbocycles. The number of aromatic nitrogens is 1. The Balaban J connectivity index is 1.32. The lowest BCUT2D eigenvalue weighted by molar-refractivity contribution is -0.121. The Morgan fingerprint density at radius 1 is 1.06 bits per heavy atom. The summed E-state index contributed by atoms with van der Waals surface area (Å²) < 4.78 is 11.5. The van der Waals surface area contributed by atoms with Gasteiger partial charge in [0.1, 0.15) is 11.3 Å². The van der Waals surface area contributed by atoms with Crippen LogP contribution in [-0.2, 0) is 11.2 Å². The fourth-order valence-corrected chi connectivity index (χ4v) is 3.83. The molecule has 0 aliphatic heterocycles. The third kappa shape index (κ3) is 6.25. The average molecular weight is 488 g/mol. The molecule has 3 aromatic carbocycles. The van der Waals surface area contributed by atoms with Crippen molar-refractivity contribution in [2.75, 3.05) is 11.9 Å². The molecule has 0 bridgehead atoms. The van der Waals surface area contributed by atoms with E-state index in [4.69, 9.17) is 21.4 Å². The SMILES string of the molecule is CCc1ccc(OCC(=O)NC(=S)Nc2ccc(-c3nc4cc([C@@H](C)CC)ccc4o3)cc2)cc1. The van der Waals surface area contributed by atoms with E-state index in [1.807, 2.05) is 54.6 Å². The molecular weight excluding hydrogens is 458 g/mol. The van der Waals surface area contributed by atoms with Gasteiger partial charge >= 0.3 is 0 Å². The molecule has 1 aromatic heterocycles. The van der Waals surface area contributed by atoms with Crippen molar-refractivity contribution in [2.24, 2.45) is 0 Å². The third-order valence-electron chi connectivity index (χ3n) is 5.94. The molecule has 7 heteroatoms. The average Bonchev–Trinajstić information content (AvgIpc) is 3.31. The van der Waals surface area contributed by atoms with E-state index in [1.54, 1.807) is 0 Å². The van der Waals surface area contributed by atoms with Crippen molar-refractivity contribution in [2.45, 2.75) is 39.5 Å². The molecular formula is C28H29N3O3S. The molecule has 0 spiro atoms. The van der Waals surface area contributed by atoms with Crippen molar-refractivity contribution in [3.8, 4) is 17.2 Å². The van der Waals surface area contributed by atoms with Gasteiger partial charge in [-0.05, 0) is 90.6 Å². The number of nitrogens with zero attached hydrogens (tertiary/aromatic N) is 1. The number of benzene rings is 3. The van der Waals surface area contributed by atoms with Gasteiger partial charge in [-0.3, -0.25) is 10.1 Å². The Labute approximate surface area is 210 Å². The number of carbonyl (C=O) groups excluding carboxylic acids is 1.